The van der Waals surface area contributed by atoms with Gasteiger partial charge in [-0.25, -0.2) is 0 Å². The number of aryl methyl sites for hydroxylation is 4. The number of hydrogen-bond acceptors (Lipinski definition) is 4. The van der Waals surface area contributed by atoms with Gasteiger partial charge in [0.1, 0.15) is 11.5 Å². The van der Waals surface area contributed by atoms with Crippen molar-refractivity contribution in [3.05, 3.63) is 117 Å². The molecular formula is C34H34O2S2. The summed E-state index contributed by atoms with van der Waals surface area (Å²) >= 11 is 0. The van der Waals surface area contributed by atoms with Crippen LogP contribution in [0.5, 0.6) is 11.5 Å². The summed E-state index contributed by atoms with van der Waals surface area (Å²) in [6.07, 6.45) is 6.59. The van der Waals surface area contributed by atoms with Crippen LogP contribution in [0.4, 0.5) is 0 Å². The molecule has 2 N–H and O–H groups in total. The number of phenols is 2. The molecule has 194 valence electrons. The highest BCUT2D eigenvalue weighted by molar-refractivity contribution is 8.76. The van der Waals surface area contributed by atoms with Gasteiger partial charge < -0.3 is 10.2 Å². The third-order valence-electron chi connectivity index (χ3n) is 8.21. The summed E-state index contributed by atoms with van der Waals surface area (Å²) < 4.78 is 0. The molecule has 0 amide bonds. The Morgan fingerprint density at radius 1 is 0.579 bits per heavy atom. The van der Waals surface area contributed by atoms with Crippen LogP contribution in [-0.4, -0.2) is 10.2 Å². The first-order chi connectivity index (χ1) is 18.5. The number of rotatable bonds is 5. The van der Waals surface area contributed by atoms with Crippen molar-refractivity contribution in [1.29, 1.82) is 0 Å². The van der Waals surface area contributed by atoms with Crippen molar-refractivity contribution in [3.63, 3.8) is 0 Å². The zero-order chi connectivity index (χ0) is 26.2. The average Bonchev–Trinajstić information content (AvgIpc) is 2.94. The van der Waals surface area contributed by atoms with Crippen LogP contribution >= 0.6 is 21.6 Å². The second-order valence-corrected chi connectivity index (χ2v) is 13.1. The van der Waals surface area contributed by atoms with E-state index in [-0.39, 0.29) is 11.8 Å². The van der Waals surface area contributed by atoms with Crippen LogP contribution in [0.15, 0.2) is 82.6 Å². The topological polar surface area (TPSA) is 40.5 Å². The molecule has 2 atom stereocenters. The molecule has 2 nitrogen and oxygen atoms in total. The lowest BCUT2D eigenvalue weighted by Crippen LogP contribution is -2.11. The number of fused-ring (bicyclic) bond motifs is 2. The minimum atomic E-state index is 0.217. The van der Waals surface area contributed by atoms with Crippen molar-refractivity contribution in [2.75, 3.05) is 0 Å². The fourth-order valence-corrected chi connectivity index (χ4v) is 8.79. The van der Waals surface area contributed by atoms with Gasteiger partial charge in [0.05, 0.1) is 9.79 Å². The molecule has 0 saturated heterocycles. The second kappa shape index (κ2) is 10.7. The molecule has 0 fully saturated rings. The predicted octanol–water partition coefficient (Wildman–Crippen LogP) is 9.45. The highest BCUT2D eigenvalue weighted by atomic mass is 33.1. The van der Waals surface area contributed by atoms with Crippen molar-refractivity contribution in [3.8, 4) is 11.5 Å². The van der Waals surface area contributed by atoms with Gasteiger partial charge in [-0.3, -0.25) is 0 Å². The molecule has 0 spiro atoms. The summed E-state index contributed by atoms with van der Waals surface area (Å²) in [5, 5.41) is 22.9. The Hall–Kier alpha value is -2.82. The van der Waals surface area contributed by atoms with E-state index in [9.17, 15) is 10.2 Å². The van der Waals surface area contributed by atoms with E-state index in [2.05, 4.69) is 86.6 Å². The van der Waals surface area contributed by atoms with Crippen molar-refractivity contribution in [2.24, 2.45) is 0 Å². The third kappa shape index (κ3) is 4.85. The highest BCUT2D eigenvalue weighted by Gasteiger charge is 2.27. The number of benzene rings is 4. The zero-order valence-corrected chi connectivity index (χ0v) is 23.7. The minimum Gasteiger partial charge on any atom is -0.506 e. The zero-order valence-electron chi connectivity index (χ0n) is 22.0. The number of aromatic hydroxyl groups is 2. The van der Waals surface area contributed by atoms with Gasteiger partial charge in [-0.1, -0.05) is 60.7 Å². The normalized spacial score (nSPS) is 18.6. The predicted molar refractivity (Wildman–Crippen MR) is 160 cm³/mol. The molecule has 0 radical (unpaired) electrons. The lowest BCUT2D eigenvalue weighted by atomic mass is 9.78. The van der Waals surface area contributed by atoms with E-state index in [1.54, 1.807) is 21.6 Å². The van der Waals surface area contributed by atoms with Crippen LogP contribution < -0.4 is 0 Å². The minimum absolute atomic E-state index is 0.217. The Labute approximate surface area is 233 Å². The Balaban J connectivity index is 1.31. The van der Waals surface area contributed by atoms with E-state index in [4.69, 9.17) is 0 Å². The van der Waals surface area contributed by atoms with Gasteiger partial charge in [-0.2, -0.15) is 0 Å². The van der Waals surface area contributed by atoms with E-state index in [0.717, 1.165) is 70.6 Å². The molecule has 2 unspecified atom stereocenters. The molecule has 38 heavy (non-hydrogen) atoms. The first-order valence-electron chi connectivity index (χ1n) is 13.7. The van der Waals surface area contributed by atoms with Crippen molar-refractivity contribution >= 4 is 21.6 Å². The SMILES string of the molecule is Cc1cc(SSc2cc(C)cc(C3CCCc4ccccc43)c2O)c(O)c(C2CCCc3ccccc32)c1. The molecule has 0 bridgehead atoms. The van der Waals surface area contributed by atoms with Crippen LogP contribution in [0.2, 0.25) is 0 Å². The van der Waals surface area contributed by atoms with Crippen LogP contribution in [0, 0.1) is 13.8 Å². The maximum atomic E-state index is 11.5. The Morgan fingerprint density at radius 3 is 1.45 bits per heavy atom. The molecule has 4 aromatic rings. The summed E-state index contributed by atoms with van der Waals surface area (Å²) in [6.45, 7) is 4.21. The standard InChI is InChI=1S/C34H34O2S2/c1-21-17-29(27-15-7-11-23-9-3-5-13-25(23)27)33(35)31(19-21)37-38-32-20-22(2)18-30(34(32)36)28-16-8-12-24-10-4-6-14-26(24)28/h3-6,9-10,13-14,17-20,27-28,35-36H,7-8,11-12,15-16H2,1-2H3. The lowest BCUT2D eigenvalue weighted by Gasteiger charge is -2.28. The van der Waals surface area contributed by atoms with Gasteiger partial charge in [0.25, 0.3) is 0 Å². The Kier molecular flexibility index (Phi) is 7.20. The molecule has 0 aliphatic heterocycles. The van der Waals surface area contributed by atoms with Gasteiger partial charge >= 0.3 is 0 Å². The summed E-state index contributed by atoms with van der Waals surface area (Å²) in [4.78, 5) is 1.72. The summed E-state index contributed by atoms with van der Waals surface area (Å²) in [6, 6.07) is 25.8. The molecule has 0 aromatic heterocycles. The van der Waals surface area contributed by atoms with Gasteiger partial charge in [-0.05, 0) is 119 Å². The van der Waals surface area contributed by atoms with Crippen LogP contribution in [-0.2, 0) is 12.8 Å². The molecule has 0 saturated carbocycles. The quantitative estimate of drug-likeness (QED) is 0.248. The molecule has 4 aromatic carbocycles. The van der Waals surface area contributed by atoms with Crippen molar-refractivity contribution in [1.82, 2.24) is 0 Å². The van der Waals surface area contributed by atoms with E-state index in [1.807, 2.05) is 0 Å². The first kappa shape index (κ1) is 25.5. The smallest absolute Gasteiger partial charge is 0.133 e. The Bertz CT molecular complexity index is 1380. The lowest BCUT2D eigenvalue weighted by molar-refractivity contribution is 0.446. The van der Waals surface area contributed by atoms with Gasteiger partial charge in [-0.15, -0.1) is 0 Å². The molecular weight excluding hydrogens is 505 g/mol. The molecule has 4 heteroatoms. The maximum Gasteiger partial charge on any atom is 0.133 e. The average molecular weight is 539 g/mol. The van der Waals surface area contributed by atoms with Crippen molar-refractivity contribution in [2.45, 2.75) is 74.0 Å². The largest absolute Gasteiger partial charge is 0.506 e. The van der Waals surface area contributed by atoms with E-state index in [1.165, 1.54) is 22.3 Å². The maximum absolute atomic E-state index is 11.5. The second-order valence-electron chi connectivity index (χ2n) is 10.9. The summed E-state index contributed by atoms with van der Waals surface area (Å²) in [5.41, 5.74) is 9.83. The van der Waals surface area contributed by atoms with Gasteiger partial charge in [0.2, 0.25) is 0 Å². The molecule has 6 rings (SSSR count). The number of phenolic OH excluding ortho intramolecular Hbond substituents is 2. The van der Waals surface area contributed by atoms with E-state index >= 15 is 0 Å². The van der Waals surface area contributed by atoms with Crippen LogP contribution in [0.3, 0.4) is 0 Å². The fraction of sp³-hybridized carbons (Fsp3) is 0.294. The molecule has 0 heterocycles. The van der Waals surface area contributed by atoms with Crippen LogP contribution in [0.25, 0.3) is 0 Å². The first-order valence-corrected chi connectivity index (χ1v) is 15.8. The van der Waals surface area contributed by atoms with Crippen LogP contribution in [0.1, 0.15) is 82.0 Å². The Morgan fingerprint density at radius 2 is 1.00 bits per heavy atom. The van der Waals surface area contributed by atoms with E-state index in [0.29, 0.717) is 11.5 Å². The summed E-state index contributed by atoms with van der Waals surface area (Å²) in [5.74, 6) is 1.19. The monoisotopic (exact) mass is 538 g/mol. The molecule has 2 aliphatic carbocycles. The molecule has 2 aliphatic rings. The fourth-order valence-electron chi connectivity index (χ4n) is 6.45. The van der Waals surface area contributed by atoms with E-state index < -0.39 is 0 Å². The third-order valence-corrected chi connectivity index (χ3v) is 10.6. The highest BCUT2D eigenvalue weighted by Crippen LogP contribution is 2.51. The van der Waals surface area contributed by atoms with Gasteiger partial charge in [0, 0.05) is 23.0 Å². The number of hydrogen-bond donors (Lipinski definition) is 2. The van der Waals surface area contributed by atoms with Gasteiger partial charge in [0.15, 0.2) is 0 Å². The van der Waals surface area contributed by atoms with Crippen molar-refractivity contribution < 1.29 is 10.2 Å². The summed E-state index contributed by atoms with van der Waals surface area (Å²) in [7, 11) is 3.09.